The maximum Gasteiger partial charge on any atom is 0.226 e. The summed E-state index contributed by atoms with van der Waals surface area (Å²) in [4.78, 5) is 13.5. The van der Waals surface area contributed by atoms with E-state index in [1.54, 1.807) is 11.8 Å². The summed E-state index contributed by atoms with van der Waals surface area (Å²) in [6.07, 6.45) is 0.686. The highest BCUT2D eigenvalue weighted by Crippen LogP contribution is 2.21. The second-order valence-corrected chi connectivity index (χ2v) is 4.47. The summed E-state index contributed by atoms with van der Waals surface area (Å²) in [6.45, 7) is 5.53. The number of rotatable bonds is 3. The number of nitrogens with one attached hydrogen (secondary N) is 1. The summed E-state index contributed by atoms with van der Waals surface area (Å²) in [6, 6.07) is 0. The second kappa shape index (κ2) is 4.28. The number of aliphatic hydroxyl groups is 1. The van der Waals surface area contributed by atoms with Crippen LogP contribution >= 0.6 is 0 Å². The first-order chi connectivity index (χ1) is 6.46. The van der Waals surface area contributed by atoms with Gasteiger partial charge in [0.1, 0.15) is 0 Å². The van der Waals surface area contributed by atoms with Crippen LogP contribution in [0.5, 0.6) is 0 Å². The number of nitrogens with zero attached hydrogens (tertiary/aromatic N) is 1. The molecule has 1 aliphatic heterocycles. The van der Waals surface area contributed by atoms with Crippen molar-refractivity contribution >= 4 is 5.91 Å². The number of likely N-dealkylation sites (tertiary alicyclic amines) is 1. The van der Waals surface area contributed by atoms with Gasteiger partial charge in [0.2, 0.25) is 5.91 Å². The fourth-order valence-corrected chi connectivity index (χ4v) is 1.84. The number of carbonyl (C=O) groups is 1. The fraction of sp³-hybridized carbons (Fsp3) is 0.900. The number of amides is 1. The predicted octanol–water partition coefficient (Wildman–Crippen LogP) is -0.175. The Morgan fingerprint density at radius 3 is 2.79 bits per heavy atom. The molecule has 1 amide bonds. The maximum absolute atomic E-state index is 11.8. The molecule has 4 heteroatoms. The molecule has 0 radical (unpaired) electrons. The average Bonchev–Trinajstić information content (AvgIpc) is 2.45. The third-order valence-corrected chi connectivity index (χ3v) is 2.70. The molecule has 0 saturated carbocycles. The van der Waals surface area contributed by atoms with Gasteiger partial charge in [-0.15, -0.1) is 0 Å². The van der Waals surface area contributed by atoms with Crippen LogP contribution in [0.3, 0.4) is 0 Å². The highest BCUT2D eigenvalue weighted by Gasteiger charge is 2.35. The lowest BCUT2D eigenvalue weighted by Gasteiger charge is -2.22. The molecule has 1 heterocycles. The SMILES string of the molecule is CNCC(C)C(=O)N1CCC(C)(O)C1. The molecule has 1 rings (SSSR count). The highest BCUT2D eigenvalue weighted by atomic mass is 16.3. The van der Waals surface area contributed by atoms with Crippen LogP contribution in [0, 0.1) is 5.92 Å². The minimum atomic E-state index is -0.685. The van der Waals surface area contributed by atoms with E-state index in [-0.39, 0.29) is 11.8 Å². The third-order valence-electron chi connectivity index (χ3n) is 2.70. The van der Waals surface area contributed by atoms with E-state index in [1.807, 2.05) is 14.0 Å². The molecule has 1 fully saturated rings. The van der Waals surface area contributed by atoms with Crippen molar-refractivity contribution in [2.75, 3.05) is 26.7 Å². The van der Waals surface area contributed by atoms with Crippen molar-refractivity contribution in [1.82, 2.24) is 10.2 Å². The van der Waals surface area contributed by atoms with E-state index in [1.165, 1.54) is 0 Å². The van der Waals surface area contributed by atoms with Gasteiger partial charge in [-0.2, -0.15) is 0 Å². The van der Waals surface area contributed by atoms with Crippen LogP contribution in [0.4, 0.5) is 0 Å². The molecular weight excluding hydrogens is 180 g/mol. The van der Waals surface area contributed by atoms with E-state index >= 15 is 0 Å². The summed E-state index contributed by atoms with van der Waals surface area (Å²) in [7, 11) is 1.84. The van der Waals surface area contributed by atoms with E-state index in [9.17, 15) is 9.90 Å². The summed E-state index contributed by atoms with van der Waals surface area (Å²) in [5, 5.41) is 12.7. The van der Waals surface area contributed by atoms with Gasteiger partial charge in [-0.05, 0) is 20.4 Å². The normalized spacial score (nSPS) is 29.3. The molecule has 14 heavy (non-hydrogen) atoms. The lowest BCUT2D eigenvalue weighted by molar-refractivity contribution is -0.134. The van der Waals surface area contributed by atoms with Crippen LogP contribution in [-0.2, 0) is 4.79 Å². The predicted molar refractivity (Wildman–Crippen MR) is 54.9 cm³/mol. The summed E-state index contributed by atoms with van der Waals surface area (Å²) in [5.74, 6) is 0.131. The van der Waals surface area contributed by atoms with E-state index in [0.29, 0.717) is 26.1 Å². The quantitative estimate of drug-likeness (QED) is 0.665. The van der Waals surface area contributed by atoms with Gasteiger partial charge >= 0.3 is 0 Å². The molecule has 0 aromatic carbocycles. The zero-order valence-electron chi connectivity index (χ0n) is 9.21. The van der Waals surface area contributed by atoms with Gasteiger partial charge < -0.3 is 15.3 Å². The van der Waals surface area contributed by atoms with Crippen LogP contribution in [0.15, 0.2) is 0 Å². The van der Waals surface area contributed by atoms with E-state index in [4.69, 9.17) is 0 Å². The minimum Gasteiger partial charge on any atom is -0.388 e. The van der Waals surface area contributed by atoms with Gasteiger partial charge in [-0.3, -0.25) is 4.79 Å². The third kappa shape index (κ3) is 2.69. The van der Waals surface area contributed by atoms with Crippen molar-refractivity contribution in [1.29, 1.82) is 0 Å². The maximum atomic E-state index is 11.8. The van der Waals surface area contributed by atoms with Crippen LogP contribution in [-0.4, -0.2) is 48.2 Å². The molecule has 0 spiro atoms. The Morgan fingerprint density at radius 1 is 1.71 bits per heavy atom. The zero-order chi connectivity index (χ0) is 10.8. The molecule has 0 bridgehead atoms. The first kappa shape index (κ1) is 11.5. The van der Waals surface area contributed by atoms with Crippen LogP contribution in [0.1, 0.15) is 20.3 Å². The first-order valence-electron chi connectivity index (χ1n) is 5.12. The zero-order valence-corrected chi connectivity index (χ0v) is 9.21. The topological polar surface area (TPSA) is 52.6 Å². The number of hydrogen-bond donors (Lipinski definition) is 2. The van der Waals surface area contributed by atoms with Gasteiger partial charge in [-0.25, -0.2) is 0 Å². The van der Waals surface area contributed by atoms with Crippen molar-refractivity contribution in [2.45, 2.75) is 25.9 Å². The molecule has 1 saturated heterocycles. The summed E-state index contributed by atoms with van der Waals surface area (Å²) < 4.78 is 0. The monoisotopic (exact) mass is 200 g/mol. The Balaban J connectivity index is 2.47. The average molecular weight is 200 g/mol. The molecular formula is C10H20N2O2. The molecule has 2 N–H and O–H groups in total. The van der Waals surface area contributed by atoms with Crippen molar-refractivity contribution in [3.05, 3.63) is 0 Å². The number of carbonyl (C=O) groups excluding carboxylic acids is 1. The largest absolute Gasteiger partial charge is 0.388 e. The molecule has 0 aliphatic carbocycles. The van der Waals surface area contributed by atoms with Crippen molar-refractivity contribution < 1.29 is 9.90 Å². The van der Waals surface area contributed by atoms with Gasteiger partial charge in [-0.1, -0.05) is 6.92 Å². The first-order valence-corrected chi connectivity index (χ1v) is 5.12. The lowest BCUT2D eigenvalue weighted by atomic mass is 10.1. The highest BCUT2D eigenvalue weighted by molar-refractivity contribution is 5.79. The van der Waals surface area contributed by atoms with Crippen LogP contribution in [0.25, 0.3) is 0 Å². The van der Waals surface area contributed by atoms with Gasteiger partial charge in [0.05, 0.1) is 5.60 Å². The summed E-state index contributed by atoms with van der Waals surface area (Å²) in [5.41, 5.74) is -0.685. The molecule has 82 valence electrons. The summed E-state index contributed by atoms with van der Waals surface area (Å²) >= 11 is 0. The van der Waals surface area contributed by atoms with Crippen molar-refractivity contribution in [2.24, 2.45) is 5.92 Å². The molecule has 0 aromatic heterocycles. The van der Waals surface area contributed by atoms with Gasteiger partial charge in [0.15, 0.2) is 0 Å². The Kier molecular flexibility index (Phi) is 3.50. The minimum absolute atomic E-state index is 0.00565. The molecule has 4 nitrogen and oxygen atoms in total. The Hall–Kier alpha value is -0.610. The van der Waals surface area contributed by atoms with Crippen LogP contribution in [0.2, 0.25) is 0 Å². The second-order valence-electron chi connectivity index (χ2n) is 4.47. The molecule has 0 aromatic rings. The van der Waals surface area contributed by atoms with E-state index in [2.05, 4.69) is 5.32 Å². The standard InChI is InChI=1S/C10H20N2O2/c1-8(6-11-3)9(13)12-5-4-10(2,14)7-12/h8,11,14H,4-7H2,1-3H3. The number of hydrogen-bond acceptors (Lipinski definition) is 3. The van der Waals surface area contributed by atoms with Crippen molar-refractivity contribution in [3.63, 3.8) is 0 Å². The van der Waals surface area contributed by atoms with E-state index < -0.39 is 5.60 Å². The molecule has 2 unspecified atom stereocenters. The van der Waals surface area contributed by atoms with Gasteiger partial charge in [0, 0.05) is 25.6 Å². The Bertz CT molecular complexity index is 216. The van der Waals surface area contributed by atoms with Crippen molar-refractivity contribution in [3.8, 4) is 0 Å². The van der Waals surface area contributed by atoms with E-state index in [0.717, 1.165) is 0 Å². The smallest absolute Gasteiger partial charge is 0.226 e. The van der Waals surface area contributed by atoms with Crippen LogP contribution < -0.4 is 5.32 Å². The van der Waals surface area contributed by atoms with Gasteiger partial charge in [0.25, 0.3) is 0 Å². The Morgan fingerprint density at radius 2 is 2.36 bits per heavy atom. The molecule has 1 aliphatic rings. The molecule has 2 atom stereocenters. The number of β-amino-alcohol motifs (C(OH)–C–C–N with tert-alkyl or cyclic N) is 1. The lowest BCUT2D eigenvalue weighted by Crippen LogP contribution is -2.39. The fourth-order valence-electron chi connectivity index (χ4n) is 1.84. The Labute approximate surface area is 85.3 Å².